The van der Waals surface area contributed by atoms with Crippen LogP contribution < -0.4 is 25.4 Å². The Kier molecular flexibility index (Phi) is 11.7. The van der Waals surface area contributed by atoms with E-state index in [0.29, 0.717) is 53.3 Å². The maximum Gasteiger partial charge on any atom is 0.266 e. The van der Waals surface area contributed by atoms with Crippen molar-refractivity contribution in [2.24, 2.45) is 5.92 Å². The normalized spacial score (nSPS) is 16.4. The van der Waals surface area contributed by atoms with Gasteiger partial charge in [-0.1, -0.05) is 11.3 Å². The van der Waals surface area contributed by atoms with Crippen LogP contribution in [0.2, 0.25) is 0 Å². The van der Waals surface area contributed by atoms with E-state index in [0.717, 1.165) is 17.7 Å². The Bertz CT molecular complexity index is 2170. The Hall–Kier alpha value is -6.12. The number of anilines is 1. The molecule has 6 amide bonds. The topological polar surface area (TPSA) is 235 Å². The molecule has 1 saturated carbocycles. The number of thiazole rings is 1. The van der Waals surface area contributed by atoms with Crippen molar-refractivity contribution in [2.75, 3.05) is 45.4 Å². The zero-order chi connectivity index (χ0) is 39.2. The molecule has 2 fully saturated rings. The molecule has 4 aromatic rings. The van der Waals surface area contributed by atoms with Gasteiger partial charge in [-0.2, -0.15) is 0 Å². The molecule has 3 aromatic heterocycles. The molecule has 56 heavy (non-hydrogen) atoms. The van der Waals surface area contributed by atoms with E-state index in [1.165, 1.54) is 24.5 Å². The highest BCUT2D eigenvalue weighted by molar-refractivity contribution is 7.17. The molecule has 0 bridgehead atoms. The molecule has 2 aliphatic heterocycles. The number of amides is 6. The standard InChI is InChI=1S/C36H37N9O10S/c1-37-32(49)29-33(41-34(56-29)21-9-10-38-26(17-21)39-30(47)20-5-6-20)54-16-15-53-14-13-52-12-11-44-18-22(42-43-44)19-55-25-4-2-3-23-28(25)36(51)45(35(23)50)24-7-8-27(46)40-31(24)48/h2-4,9-10,17-18,20,24H,5-8,11-16,19H2,1H3,(H,37,49)(H,38,39,47)(H,40,46,48). The fourth-order valence-corrected chi connectivity index (χ4v) is 6.89. The first kappa shape index (κ1) is 38.2. The van der Waals surface area contributed by atoms with Gasteiger partial charge >= 0.3 is 0 Å². The lowest BCUT2D eigenvalue weighted by molar-refractivity contribution is -0.136. The van der Waals surface area contributed by atoms with Crippen LogP contribution in [0.25, 0.3) is 10.6 Å². The molecule has 1 aliphatic carbocycles. The maximum atomic E-state index is 13.3. The summed E-state index contributed by atoms with van der Waals surface area (Å²) in [6.45, 7) is 1.64. The molecule has 5 heterocycles. The van der Waals surface area contributed by atoms with Crippen LogP contribution in [0.15, 0.2) is 42.7 Å². The van der Waals surface area contributed by atoms with Crippen molar-refractivity contribution in [3.63, 3.8) is 0 Å². The summed E-state index contributed by atoms with van der Waals surface area (Å²) >= 11 is 1.17. The predicted octanol–water partition coefficient (Wildman–Crippen LogP) is 1.60. The van der Waals surface area contributed by atoms with Crippen molar-refractivity contribution in [1.29, 1.82) is 0 Å². The van der Waals surface area contributed by atoms with Crippen LogP contribution in [0, 0.1) is 5.92 Å². The number of ether oxygens (including phenoxy) is 4. The van der Waals surface area contributed by atoms with Gasteiger partial charge in [0.25, 0.3) is 17.7 Å². The summed E-state index contributed by atoms with van der Waals surface area (Å²) in [5.74, 6) is -2.02. The number of imide groups is 2. The van der Waals surface area contributed by atoms with E-state index in [-0.39, 0.29) is 73.2 Å². The predicted molar refractivity (Wildman–Crippen MR) is 195 cm³/mol. The molecule has 0 radical (unpaired) electrons. The minimum atomic E-state index is -1.08. The molecule has 1 aromatic carbocycles. The van der Waals surface area contributed by atoms with Gasteiger partial charge in [0.05, 0.1) is 50.3 Å². The third kappa shape index (κ3) is 8.72. The summed E-state index contributed by atoms with van der Waals surface area (Å²) in [6.07, 6.45) is 5.08. The van der Waals surface area contributed by atoms with E-state index in [4.69, 9.17) is 18.9 Å². The second kappa shape index (κ2) is 17.1. The highest BCUT2D eigenvalue weighted by Crippen LogP contribution is 2.35. The number of aromatic nitrogens is 5. The molecule has 3 aliphatic rings. The zero-order valence-electron chi connectivity index (χ0n) is 30.1. The molecular weight excluding hydrogens is 751 g/mol. The minimum absolute atomic E-state index is 0.0249. The summed E-state index contributed by atoms with van der Waals surface area (Å²) in [5, 5.41) is 16.3. The minimum Gasteiger partial charge on any atom is -0.486 e. The summed E-state index contributed by atoms with van der Waals surface area (Å²) in [5.41, 5.74) is 1.33. The molecule has 19 nitrogen and oxygen atoms in total. The Labute approximate surface area is 323 Å². The lowest BCUT2D eigenvalue weighted by Gasteiger charge is -2.27. The maximum absolute atomic E-state index is 13.3. The van der Waals surface area contributed by atoms with Crippen LogP contribution in [0.5, 0.6) is 11.6 Å². The zero-order valence-corrected chi connectivity index (χ0v) is 31.0. The van der Waals surface area contributed by atoms with E-state index in [2.05, 4.69) is 36.2 Å². The number of piperidine rings is 1. The second-order valence-electron chi connectivity index (χ2n) is 12.9. The van der Waals surface area contributed by atoms with E-state index in [1.807, 2.05) is 0 Å². The van der Waals surface area contributed by atoms with E-state index < -0.39 is 29.7 Å². The molecule has 292 valence electrons. The number of benzene rings is 1. The first-order chi connectivity index (χ1) is 27.2. The highest BCUT2D eigenvalue weighted by Gasteiger charge is 2.46. The van der Waals surface area contributed by atoms with Gasteiger partial charge in [-0.25, -0.2) is 14.6 Å². The van der Waals surface area contributed by atoms with Crippen molar-refractivity contribution in [3.05, 3.63) is 64.4 Å². The largest absolute Gasteiger partial charge is 0.486 e. The van der Waals surface area contributed by atoms with E-state index in [1.54, 1.807) is 41.3 Å². The summed E-state index contributed by atoms with van der Waals surface area (Å²) in [4.78, 5) is 84.9. The Balaban J connectivity index is 0.814. The average Bonchev–Trinajstić information content (AvgIpc) is 3.73. The number of rotatable bonds is 18. The average molecular weight is 788 g/mol. The molecular formula is C36H37N9O10S. The molecule has 3 N–H and O–H groups in total. The Morgan fingerprint density at radius 1 is 0.982 bits per heavy atom. The fraction of sp³-hybridized carbons (Fsp3) is 0.389. The number of nitrogens with one attached hydrogen (secondary N) is 3. The van der Waals surface area contributed by atoms with E-state index >= 15 is 0 Å². The smallest absolute Gasteiger partial charge is 0.266 e. The molecule has 1 atom stereocenters. The quantitative estimate of drug-likeness (QED) is 0.0960. The van der Waals surface area contributed by atoms with Crippen LogP contribution in [-0.2, 0) is 37.0 Å². The number of pyridine rings is 1. The molecule has 20 heteroatoms. The van der Waals surface area contributed by atoms with Gasteiger partial charge in [0.1, 0.15) is 41.5 Å². The summed E-state index contributed by atoms with van der Waals surface area (Å²) in [7, 11) is 1.52. The third-order valence-corrected chi connectivity index (χ3v) is 10.0. The van der Waals surface area contributed by atoms with Crippen LogP contribution in [0.3, 0.4) is 0 Å². The summed E-state index contributed by atoms with van der Waals surface area (Å²) < 4.78 is 24.5. The monoisotopic (exact) mass is 787 g/mol. The number of hydrogen-bond donors (Lipinski definition) is 3. The van der Waals surface area contributed by atoms with Gasteiger partial charge in [0.2, 0.25) is 23.6 Å². The SMILES string of the molecule is CNC(=O)c1sc(-c2ccnc(NC(=O)C3CC3)c2)nc1OCCOCCOCCn1cc(COc2cccc3c2C(=O)N(C2CCC(=O)NC2=O)C3=O)nn1. The first-order valence-corrected chi connectivity index (χ1v) is 18.7. The van der Waals surface area contributed by atoms with Crippen molar-refractivity contribution in [3.8, 4) is 22.2 Å². The van der Waals surface area contributed by atoms with Crippen LogP contribution in [0.1, 0.15) is 61.8 Å². The number of hydrogen-bond acceptors (Lipinski definition) is 15. The number of nitrogens with zero attached hydrogens (tertiary/aromatic N) is 6. The lowest BCUT2D eigenvalue weighted by Crippen LogP contribution is -2.54. The van der Waals surface area contributed by atoms with Crippen molar-refractivity contribution in [2.45, 2.75) is 44.9 Å². The third-order valence-electron chi connectivity index (χ3n) is 8.93. The number of carbonyl (C=O) groups excluding carboxylic acids is 6. The number of carbonyl (C=O) groups is 6. The lowest BCUT2D eigenvalue weighted by atomic mass is 10.0. The van der Waals surface area contributed by atoms with Crippen molar-refractivity contribution in [1.82, 2.24) is 40.5 Å². The van der Waals surface area contributed by atoms with Crippen molar-refractivity contribution < 1.29 is 47.7 Å². The molecule has 1 unspecified atom stereocenters. The van der Waals surface area contributed by atoms with Gasteiger partial charge < -0.3 is 29.6 Å². The van der Waals surface area contributed by atoms with Crippen LogP contribution in [-0.4, -0.2) is 111 Å². The van der Waals surface area contributed by atoms with Crippen LogP contribution >= 0.6 is 11.3 Å². The van der Waals surface area contributed by atoms with Gasteiger partial charge in [0, 0.05) is 31.1 Å². The Morgan fingerprint density at radius 2 is 1.79 bits per heavy atom. The summed E-state index contributed by atoms with van der Waals surface area (Å²) in [6, 6.07) is 7.01. The highest BCUT2D eigenvalue weighted by atomic mass is 32.1. The van der Waals surface area contributed by atoms with Gasteiger partial charge in [-0.15, -0.1) is 16.4 Å². The van der Waals surface area contributed by atoms with Gasteiger partial charge in [0.15, 0.2) is 4.88 Å². The number of fused-ring (bicyclic) bond motifs is 1. The molecule has 0 spiro atoms. The van der Waals surface area contributed by atoms with Crippen molar-refractivity contribution >= 4 is 52.6 Å². The fourth-order valence-electron chi connectivity index (χ4n) is 5.94. The molecule has 1 saturated heterocycles. The second-order valence-corrected chi connectivity index (χ2v) is 13.9. The Morgan fingerprint density at radius 3 is 2.57 bits per heavy atom. The first-order valence-electron chi connectivity index (χ1n) is 17.8. The van der Waals surface area contributed by atoms with E-state index in [9.17, 15) is 28.8 Å². The van der Waals surface area contributed by atoms with Crippen LogP contribution in [0.4, 0.5) is 5.82 Å². The van der Waals surface area contributed by atoms with Gasteiger partial charge in [-0.3, -0.25) is 39.0 Å². The van der Waals surface area contributed by atoms with Gasteiger partial charge in [-0.05, 0) is 43.5 Å². The molecule has 7 rings (SSSR count).